The summed E-state index contributed by atoms with van der Waals surface area (Å²) in [7, 11) is 1.61. The molecule has 0 aliphatic rings. The predicted octanol–water partition coefficient (Wildman–Crippen LogP) is 2.60. The lowest BCUT2D eigenvalue weighted by molar-refractivity contribution is -0.113. The Bertz CT molecular complexity index is 625. The number of hydrogen-bond acceptors (Lipinski definition) is 5. The van der Waals surface area contributed by atoms with E-state index in [2.05, 4.69) is 15.5 Å². The molecule has 1 N–H and O–H groups in total. The van der Waals surface area contributed by atoms with Gasteiger partial charge < -0.3 is 14.6 Å². The van der Waals surface area contributed by atoms with Gasteiger partial charge in [-0.25, -0.2) is 0 Å². The van der Waals surface area contributed by atoms with Crippen LogP contribution in [0.5, 0.6) is 5.75 Å². The van der Waals surface area contributed by atoms with Gasteiger partial charge in [-0.15, -0.1) is 10.2 Å². The molecule has 0 radical (unpaired) electrons. The molecule has 118 valence electrons. The van der Waals surface area contributed by atoms with Crippen LogP contribution in [-0.4, -0.2) is 33.5 Å². The third kappa shape index (κ3) is 4.00. The van der Waals surface area contributed by atoms with Gasteiger partial charge in [0.2, 0.25) is 5.91 Å². The molecule has 0 saturated heterocycles. The molecule has 22 heavy (non-hydrogen) atoms. The maximum absolute atomic E-state index is 12.0. The normalized spacial score (nSPS) is 10.5. The number of hydrogen-bond donors (Lipinski definition) is 1. The smallest absolute Gasteiger partial charge is 0.234 e. The summed E-state index contributed by atoms with van der Waals surface area (Å²) in [5.74, 6) is 1.93. The van der Waals surface area contributed by atoms with E-state index in [0.29, 0.717) is 5.75 Å². The van der Waals surface area contributed by atoms with Crippen molar-refractivity contribution >= 4 is 23.4 Å². The Kier molecular flexibility index (Phi) is 5.83. The van der Waals surface area contributed by atoms with E-state index in [-0.39, 0.29) is 5.91 Å². The average molecular weight is 320 g/mol. The second-order valence-electron chi connectivity index (χ2n) is 4.56. The van der Waals surface area contributed by atoms with Crippen LogP contribution in [0, 0.1) is 0 Å². The summed E-state index contributed by atoms with van der Waals surface area (Å²) in [6, 6.07) is 7.24. The largest absolute Gasteiger partial charge is 0.497 e. The van der Waals surface area contributed by atoms with E-state index in [0.717, 1.165) is 35.4 Å². The number of nitrogens with one attached hydrogen (secondary N) is 1. The summed E-state index contributed by atoms with van der Waals surface area (Å²) in [5, 5.41) is 11.9. The topological polar surface area (TPSA) is 69.0 Å². The van der Waals surface area contributed by atoms with Gasteiger partial charge in [0.05, 0.1) is 12.9 Å². The Labute approximate surface area is 134 Å². The Morgan fingerprint density at radius 1 is 1.27 bits per heavy atom. The highest BCUT2D eigenvalue weighted by atomic mass is 32.2. The highest BCUT2D eigenvalue weighted by Crippen LogP contribution is 2.19. The second kappa shape index (κ2) is 7.84. The highest BCUT2D eigenvalue weighted by molar-refractivity contribution is 7.99. The molecular weight excluding hydrogens is 300 g/mol. The van der Waals surface area contributed by atoms with Crippen LogP contribution in [0.4, 0.5) is 5.69 Å². The summed E-state index contributed by atoms with van der Waals surface area (Å²) in [6.45, 7) is 4.89. The minimum absolute atomic E-state index is 0.0705. The molecule has 0 atom stereocenters. The number of nitrogens with zero attached hydrogens (tertiary/aromatic N) is 3. The van der Waals surface area contributed by atoms with Crippen molar-refractivity contribution in [3.63, 3.8) is 0 Å². The molecular formula is C15H20N4O2S. The van der Waals surface area contributed by atoms with E-state index < -0.39 is 0 Å². The second-order valence-corrected chi connectivity index (χ2v) is 5.50. The van der Waals surface area contributed by atoms with Crippen molar-refractivity contribution in [3.05, 3.63) is 30.1 Å². The van der Waals surface area contributed by atoms with Gasteiger partial charge in [-0.1, -0.05) is 18.7 Å². The summed E-state index contributed by atoms with van der Waals surface area (Å²) >= 11 is 1.40. The number of amides is 1. The van der Waals surface area contributed by atoms with E-state index in [1.54, 1.807) is 7.11 Å². The number of ether oxygens (including phenoxy) is 1. The van der Waals surface area contributed by atoms with E-state index in [4.69, 9.17) is 4.74 Å². The minimum atomic E-state index is -0.0705. The molecule has 1 amide bonds. The van der Waals surface area contributed by atoms with Gasteiger partial charge in [-0.3, -0.25) is 4.79 Å². The first kappa shape index (κ1) is 16.4. The maximum atomic E-state index is 12.0. The molecule has 0 fully saturated rings. The summed E-state index contributed by atoms with van der Waals surface area (Å²) in [6.07, 6.45) is 0.833. The van der Waals surface area contributed by atoms with Gasteiger partial charge in [0.15, 0.2) is 5.16 Å². The zero-order chi connectivity index (χ0) is 15.9. The summed E-state index contributed by atoms with van der Waals surface area (Å²) in [5.41, 5.74) is 0.748. The van der Waals surface area contributed by atoms with Crippen molar-refractivity contribution < 1.29 is 9.53 Å². The van der Waals surface area contributed by atoms with Crippen molar-refractivity contribution in [2.45, 2.75) is 32.0 Å². The molecule has 0 saturated carbocycles. The van der Waals surface area contributed by atoms with Crippen molar-refractivity contribution in [3.8, 4) is 5.75 Å². The van der Waals surface area contributed by atoms with Crippen molar-refractivity contribution in [2.24, 2.45) is 0 Å². The Balaban J connectivity index is 1.91. The number of aromatic nitrogens is 3. The van der Waals surface area contributed by atoms with Crippen LogP contribution >= 0.6 is 11.8 Å². The van der Waals surface area contributed by atoms with Gasteiger partial charge in [0, 0.05) is 18.7 Å². The van der Waals surface area contributed by atoms with Crippen LogP contribution in [0.15, 0.2) is 29.4 Å². The van der Waals surface area contributed by atoms with Crippen LogP contribution < -0.4 is 10.1 Å². The molecule has 0 aliphatic heterocycles. The molecule has 0 bridgehead atoms. The average Bonchev–Trinajstić information content (AvgIpc) is 2.95. The SMILES string of the molecule is CCc1nnc(SCC(=O)Nc2ccc(OC)cc2)n1CC. The maximum Gasteiger partial charge on any atom is 0.234 e. The number of rotatable bonds is 7. The summed E-state index contributed by atoms with van der Waals surface area (Å²) in [4.78, 5) is 12.0. The van der Waals surface area contributed by atoms with E-state index >= 15 is 0 Å². The molecule has 1 aromatic carbocycles. The Morgan fingerprint density at radius 2 is 2.00 bits per heavy atom. The van der Waals surface area contributed by atoms with E-state index in [1.165, 1.54) is 11.8 Å². The molecule has 1 heterocycles. The van der Waals surface area contributed by atoms with Gasteiger partial charge >= 0.3 is 0 Å². The quantitative estimate of drug-likeness (QED) is 0.794. The summed E-state index contributed by atoms with van der Waals surface area (Å²) < 4.78 is 7.12. The molecule has 7 heteroatoms. The van der Waals surface area contributed by atoms with Crippen LogP contribution in [-0.2, 0) is 17.8 Å². The van der Waals surface area contributed by atoms with Crippen LogP contribution in [0.25, 0.3) is 0 Å². The first-order valence-electron chi connectivity index (χ1n) is 7.16. The molecule has 2 aromatic rings. The number of carbonyl (C=O) groups excluding carboxylic acids is 1. The fourth-order valence-electron chi connectivity index (χ4n) is 2.01. The van der Waals surface area contributed by atoms with Crippen LogP contribution in [0.1, 0.15) is 19.7 Å². The Morgan fingerprint density at radius 3 is 2.59 bits per heavy atom. The lowest BCUT2D eigenvalue weighted by Crippen LogP contribution is -2.14. The third-order valence-corrected chi connectivity index (χ3v) is 4.10. The molecule has 0 unspecified atom stereocenters. The minimum Gasteiger partial charge on any atom is -0.497 e. The third-order valence-electron chi connectivity index (χ3n) is 3.13. The zero-order valence-electron chi connectivity index (χ0n) is 13.0. The van der Waals surface area contributed by atoms with Crippen molar-refractivity contribution in [1.82, 2.24) is 14.8 Å². The van der Waals surface area contributed by atoms with Gasteiger partial charge in [-0.2, -0.15) is 0 Å². The van der Waals surface area contributed by atoms with Crippen molar-refractivity contribution in [1.29, 1.82) is 0 Å². The molecule has 6 nitrogen and oxygen atoms in total. The molecule has 1 aromatic heterocycles. The number of anilines is 1. The fourth-order valence-corrected chi connectivity index (χ4v) is 2.83. The number of methoxy groups -OCH3 is 1. The zero-order valence-corrected chi connectivity index (χ0v) is 13.8. The van der Waals surface area contributed by atoms with Gasteiger partial charge in [-0.05, 0) is 31.2 Å². The monoisotopic (exact) mass is 320 g/mol. The van der Waals surface area contributed by atoms with Gasteiger partial charge in [0.1, 0.15) is 11.6 Å². The molecule has 0 spiro atoms. The first-order valence-corrected chi connectivity index (χ1v) is 8.15. The fraction of sp³-hybridized carbons (Fsp3) is 0.400. The highest BCUT2D eigenvalue weighted by Gasteiger charge is 2.12. The predicted molar refractivity (Wildman–Crippen MR) is 87.4 cm³/mol. The van der Waals surface area contributed by atoms with Crippen molar-refractivity contribution in [2.75, 3.05) is 18.2 Å². The standard InChI is InChI=1S/C15H20N4O2S/c1-4-13-17-18-15(19(13)5-2)22-10-14(20)16-11-6-8-12(21-3)9-7-11/h6-9H,4-5,10H2,1-3H3,(H,16,20). The number of carbonyl (C=O) groups is 1. The number of thioether (sulfide) groups is 1. The van der Waals surface area contributed by atoms with Gasteiger partial charge in [0.25, 0.3) is 0 Å². The van der Waals surface area contributed by atoms with E-state index in [1.807, 2.05) is 42.7 Å². The van der Waals surface area contributed by atoms with Crippen LogP contribution in [0.3, 0.4) is 0 Å². The molecule has 2 rings (SSSR count). The lowest BCUT2D eigenvalue weighted by Gasteiger charge is -2.07. The number of aryl methyl sites for hydroxylation is 1. The number of benzene rings is 1. The first-order chi connectivity index (χ1) is 10.7. The lowest BCUT2D eigenvalue weighted by atomic mass is 10.3. The Hall–Kier alpha value is -2.02. The van der Waals surface area contributed by atoms with E-state index in [9.17, 15) is 4.79 Å². The molecule has 0 aliphatic carbocycles. The van der Waals surface area contributed by atoms with Crippen LogP contribution in [0.2, 0.25) is 0 Å².